The smallest absolute Gasteiger partial charge is 0.221 e. The standard InChI is InChI=1S/C11H24N4O2/c1-13-10(16)4-8-15(7-3-6-12)9-5-11(17)14-2/h3-9,12H2,1-2H3,(H,13,16)(H,14,17). The minimum atomic E-state index is 0.0164. The predicted molar refractivity (Wildman–Crippen MR) is 67.5 cm³/mol. The molecule has 100 valence electrons. The van der Waals surface area contributed by atoms with Crippen LogP contribution in [-0.2, 0) is 9.59 Å². The first-order valence-corrected chi connectivity index (χ1v) is 5.97. The number of hydrogen-bond donors (Lipinski definition) is 3. The third-order valence-electron chi connectivity index (χ3n) is 2.55. The molecule has 0 saturated carbocycles. The number of nitrogens with two attached hydrogens (primary N) is 1. The molecule has 0 unspecified atom stereocenters. The number of hydrogen-bond acceptors (Lipinski definition) is 4. The van der Waals surface area contributed by atoms with Crippen LogP contribution in [0.2, 0.25) is 0 Å². The van der Waals surface area contributed by atoms with Crippen molar-refractivity contribution in [3.63, 3.8) is 0 Å². The largest absolute Gasteiger partial charge is 0.359 e. The highest BCUT2D eigenvalue weighted by molar-refractivity contribution is 5.76. The Morgan fingerprint density at radius 1 is 1.00 bits per heavy atom. The molecule has 0 spiro atoms. The summed E-state index contributed by atoms with van der Waals surface area (Å²) >= 11 is 0. The lowest BCUT2D eigenvalue weighted by Crippen LogP contribution is -2.34. The second-order valence-electron chi connectivity index (χ2n) is 3.83. The number of carbonyl (C=O) groups excluding carboxylic acids is 2. The first kappa shape index (κ1) is 15.9. The van der Waals surface area contributed by atoms with Crippen LogP contribution in [0.1, 0.15) is 19.3 Å². The molecule has 0 atom stereocenters. The molecule has 0 aromatic heterocycles. The van der Waals surface area contributed by atoms with E-state index in [-0.39, 0.29) is 11.8 Å². The number of carbonyl (C=O) groups is 2. The zero-order chi connectivity index (χ0) is 13.1. The molecular formula is C11H24N4O2. The molecule has 0 saturated heterocycles. The van der Waals surface area contributed by atoms with Crippen LogP contribution in [0.3, 0.4) is 0 Å². The van der Waals surface area contributed by atoms with Crippen LogP contribution in [0.5, 0.6) is 0 Å². The van der Waals surface area contributed by atoms with Gasteiger partial charge in [-0.3, -0.25) is 9.59 Å². The molecule has 0 aromatic rings. The van der Waals surface area contributed by atoms with E-state index in [1.165, 1.54) is 0 Å². The highest BCUT2D eigenvalue weighted by Crippen LogP contribution is 1.96. The molecule has 0 aliphatic carbocycles. The summed E-state index contributed by atoms with van der Waals surface area (Å²) in [6.45, 7) is 2.77. The van der Waals surface area contributed by atoms with Gasteiger partial charge in [0, 0.05) is 40.0 Å². The van der Waals surface area contributed by atoms with Gasteiger partial charge in [-0.15, -0.1) is 0 Å². The van der Waals surface area contributed by atoms with Crippen LogP contribution in [0.25, 0.3) is 0 Å². The lowest BCUT2D eigenvalue weighted by atomic mass is 10.3. The number of amides is 2. The Labute approximate surface area is 103 Å². The molecule has 2 amide bonds. The third kappa shape index (κ3) is 8.65. The lowest BCUT2D eigenvalue weighted by molar-refractivity contribution is -0.120. The van der Waals surface area contributed by atoms with Gasteiger partial charge >= 0.3 is 0 Å². The fourth-order valence-electron chi connectivity index (χ4n) is 1.42. The molecule has 17 heavy (non-hydrogen) atoms. The molecule has 4 N–H and O–H groups in total. The molecule has 0 fully saturated rings. The van der Waals surface area contributed by atoms with Crippen LogP contribution in [0.4, 0.5) is 0 Å². The monoisotopic (exact) mass is 244 g/mol. The van der Waals surface area contributed by atoms with Gasteiger partial charge in [0.25, 0.3) is 0 Å². The van der Waals surface area contributed by atoms with Crippen molar-refractivity contribution in [2.45, 2.75) is 19.3 Å². The summed E-state index contributed by atoms with van der Waals surface area (Å²) < 4.78 is 0. The van der Waals surface area contributed by atoms with E-state index in [9.17, 15) is 9.59 Å². The van der Waals surface area contributed by atoms with Crippen LogP contribution in [0.15, 0.2) is 0 Å². The number of nitrogens with one attached hydrogen (secondary N) is 2. The van der Waals surface area contributed by atoms with Gasteiger partial charge in [0.2, 0.25) is 11.8 Å². The molecule has 0 heterocycles. The zero-order valence-corrected chi connectivity index (χ0v) is 10.8. The van der Waals surface area contributed by atoms with Gasteiger partial charge in [-0.05, 0) is 19.5 Å². The van der Waals surface area contributed by atoms with Crippen molar-refractivity contribution in [1.82, 2.24) is 15.5 Å². The third-order valence-corrected chi connectivity index (χ3v) is 2.55. The van der Waals surface area contributed by atoms with Gasteiger partial charge in [-0.2, -0.15) is 0 Å². The first-order valence-electron chi connectivity index (χ1n) is 5.97. The highest BCUT2D eigenvalue weighted by Gasteiger charge is 2.08. The molecular weight excluding hydrogens is 220 g/mol. The van der Waals surface area contributed by atoms with Crippen molar-refractivity contribution in [3.8, 4) is 0 Å². The normalized spacial score (nSPS) is 10.4. The maximum absolute atomic E-state index is 11.1. The molecule has 6 heteroatoms. The topological polar surface area (TPSA) is 87.5 Å². The Morgan fingerprint density at radius 3 is 1.82 bits per heavy atom. The molecule has 0 aliphatic heterocycles. The second-order valence-corrected chi connectivity index (χ2v) is 3.83. The van der Waals surface area contributed by atoms with E-state index in [1.54, 1.807) is 14.1 Å². The van der Waals surface area contributed by atoms with Crippen LogP contribution in [-0.4, -0.2) is 57.0 Å². The number of rotatable bonds is 9. The Balaban J connectivity index is 3.95. The Kier molecular flexibility index (Phi) is 9.37. The van der Waals surface area contributed by atoms with Crippen LogP contribution >= 0.6 is 0 Å². The summed E-state index contributed by atoms with van der Waals surface area (Å²) in [6, 6.07) is 0. The van der Waals surface area contributed by atoms with E-state index < -0.39 is 0 Å². The fraction of sp³-hybridized carbons (Fsp3) is 0.818. The summed E-state index contributed by atoms with van der Waals surface area (Å²) in [7, 11) is 3.24. The summed E-state index contributed by atoms with van der Waals surface area (Å²) in [4.78, 5) is 24.4. The molecule has 0 aliphatic rings. The van der Waals surface area contributed by atoms with Crippen molar-refractivity contribution < 1.29 is 9.59 Å². The maximum atomic E-state index is 11.1. The molecule has 0 radical (unpaired) electrons. The van der Waals surface area contributed by atoms with Crippen LogP contribution < -0.4 is 16.4 Å². The molecule has 0 aromatic carbocycles. The van der Waals surface area contributed by atoms with E-state index in [0.717, 1.165) is 13.0 Å². The van der Waals surface area contributed by atoms with Gasteiger partial charge in [0.05, 0.1) is 0 Å². The summed E-state index contributed by atoms with van der Waals surface area (Å²) in [5, 5.41) is 5.17. The SMILES string of the molecule is CNC(=O)CCN(CCCN)CCC(=O)NC. The Hall–Kier alpha value is -1.14. The minimum Gasteiger partial charge on any atom is -0.359 e. The minimum absolute atomic E-state index is 0.0164. The molecule has 0 bridgehead atoms. The van der Waals surface area contributed by atoms with Crippen molar-refractivity contribution >= 4 is 11.8 Å². The number of nitrogens with zero attached hydrogens (tertiary/aromatic N) is 1. The molecule has 0 rings (SSSR count). The van der Waals surface area contributed by atoms with Gasteiger partial charge in [-0.1, -0.05) is 0 Å². The summed E-state index contributed by atoms with van der Waals surface area (Å²) in [6.07, 6.45) is 1.78. The van der Waals surface area contributed by atoms with E-state index in [4.69, 9.17) is 5.73 Å². The van der Waals surface area contributed by atoms with E-state index in [2.05, 4.69) is 15.5 Å². The maximum Gasteiger partial charge on any atom is 0.221 e. The van der Waals surface area contributed by atoms with Crippen molar-refractivity contribution in [2.24, 2.45) is 5.73 Å². The highest BCUT2D eigenvalue weighted by atomic mass is 16.2. The van der Waals surface area contributed by atoms with E-state index in [0.29, 0.717) is 32.5 Å². The van der Waals surface area contributed by atoms with Gasteiger partial charge in [0.15, 0.2) is 0 Å². The van der Waals surface area contributed by atoms with E-state index >= 15 is 0 Å². The summed E-state index contributed by atoms with van der Waals surface area (Å²) in [5.41, 5.74) is 5.46. The van der Waals surface area contributed by atoms with E-state index in [1.807, 2.05) is 0 Å². The summed E-state index contributed by atoms with van der Waals surface area (Å²) in [5.74, 6) is 0.0328. The van der Waals surface area contributed by atoms with Gasteiger partial charge < -0.3 is 21.3 Å². The predicted octanol–water partition coefficient (Wildman–Crippen LogP) is -1.09. The molecule has 6 nitrogen and oxygen atoms in total. The fourth-order valence-corrected chi connectivity index (χ4v) is 1.42. The van der Waals surface area contributed by atoms with Crippen molar-refractivity contribution in [3.05, 3.63) is 0 Å². The average Bonchev–Trinajstić information content (AvgIpc) is 2.36. The van der Waals surface area contributed by atoms with Crippen molar-refractivity contribution in [2.75, 3.05) is 40.3 Å². The second kappa shape index (κ2) is 10.0. The Bertz CT molecular complexity index is 214. The average molecular weight is 244 g/mol. The zero-order valence-electron chi connectivity index (χ0n) is 10.8. The Morgan fingerprint density at radius 2 is 1.47 bits per heavy atom. The van der Waals surface area contributed by atoms with Crippen LogP contribution in [0, 0.1) is 0 Å². The van der Waals surface area contributed by atoms with Crippen molar-refractivity contribution in [1.29, 1.82) is 0 Å². The van der Waals surface area contributed by atoms with Gasteiger partial charge in [-0.25, -0.2) is 0 Å². The quantitative estimate of drug-likeness (QED) is 0.481. The first-order chi connectivity index (χ1) is 8.13. The van der Waals surface area contributed by atoms with Gasteiger partial charge in [0.1, 0.15) is 0 Å². The lowest BCUT2D eigenvalue weighted by Gasteiger charge is -2.21.